The molecule has 170 valence electrons. The highest BCUT2D eigenvalue weighted by Crippen LogP contribution is 2.41. The Morgan fingerprint density at radius 2 is 1.88 bits per heavy atom. The first-order valence-electron chi connectivity index (χ1n) is 10.8. The van der Waals surface area contributed by atoms with Crippen LogP contribution in [0, 0.1) is 5.92 Å². The topological polar surface area (TPSA) is 77.5 Å². The molecule has 2 bridgehead atoms. The van der Waals surface area contributed by atoms with E-state index >= 15 is 0 Å². The number of nitrogens with zero attached hydrogens (tertiary/aromatic N) is 6. The molecule has 11 heteroatoms. The largest absolute Gasteiger partial charge is 0.393 e. The van der Waals surface area contributed by atoms with E-state index in [9.17, 15) is 18.0 Å². The van der Waals surface area contributed by atoms with E-state index in [1.807, 2.05) is 6.07 Å². The van der Waals surface area contributed by atoms with Crippen molar-refractivity contribution >= 4 is 29.2 Å². The Kier molecular flexibility index (Phi) is 5.26. The summed E-state index contributed by atoms with van der Waals surface area (Å²) in [5.74, 6) is -0.0304. The molecule has 8 nitrogen and oxygen atoms in total. The first kappa shape index (κ1) is 20.8. The standard InChI is InChI=1S/C21H24F3N7O/c22-21(23,24)14-3-1-10-30(11-14)18-6-5-16-19(28-18)31(15-4-2-9-29(16)12-15)20(32)27-17-7-8-25-13-26-17/h5-8,13-15H,1-4,9-12H2,(H,25,26,27,32). The van der Waals surface area contributed by atoms with Gasteiger partial charge >= 0.3 is 12.2 Å². The number of carbonyl (C=O) groups excluding carboxylic acids is 1. The summed E-state index contributed by atoms with van der Waals surface area (Å²) in [7, 11) is 0. The van der Waals surface area contributed by atoms with Crippen LogP contribution in [0.4, 0.5) is 41.1 Å². The van der Waals surface area contributed by atoms with E-state index in [0.29, 0.717) is 37.0 Å². The molecule has 32 heavy (non-hydrogen) atoms. The summed E-state index contributed by atoms with van der Waals surface area (Å²) in [6, 6.07) is 4.83. The summed E-state index contributed by atoms with van der Waals surface area (Å²) < 4.78 is 39.9. The van der Waals surface area contributed by atoms with Crippen LogP contribution in [0.2, 0.25) is 0 Å². The van der Waals surface area contributed by atoms with Gasteiger partial charge in [0.2, 0.25) is 0 Å². The number of halogens is 3. The van der Waals surface area contributed by atoms with Crippen molar-refractivity contribution in [2.45, 2.75) is 37.9 Å². The number of hydrogen-bond donors (Lipinski definition) is 1. The normalized spacial score (nSPS) is 23.0. The first-order chi connectivity index (χ1) is 15.4. The fraction of sp³-hybridized carbons (Fsp3) is 0.524. The lowest BCUT2D eigenvalue weighted by Crippen LogP contribution is -2.56. The maximum Gasteiger partial charge on any atom is 0.393 e. The first-order valence-corrected chi connectivity index (χ1v) is 10.8. The van der Waals surface area contributed by atoms with Gasteiger partial charge in [0.1, 0.15) is 18.0 Å². The zero-order valence-corrected chi connectivity index (χ0v) is 17.4. The highest BCUT2D eigenvalue weighted by molar-refractivity contribution is 6.04. The Morgan fingerprint density at radius 1 is 1.06 bits per heavy atom. The van der Waals surface area contributed by atoms with Crippen molar-refractivity contribution < 1.29 is 18.0 Å². The van der Waals surface area contributed by atoms with Gasteiger partial charge in [-0.2, -0.15) is 13.2 Å². The Bertz CT molecular complexity index is 987. The van der Waals surface area contributed by atoms with Gasteiger partial charge in [-0.05, 0) is 43.9 Å². The number of hydrogen-bond acceptors (Lipinski definition) is 6. The summed E-state index contributed by atoms with van der Waals surface area (Å²) in [5, 5.41) is 2.80. The predicted molar refractivity (Wildman–Crippen MR) is 114 cm³/mol. The second-order valence-electron chi connectivity index (χ2n) is 8.48. The van der Waals surface area contributed by atoms with Crippen LogP contribution in [0.25, 0.3) is 0 Å². The average molecular weight is 447 g/mol. The predicted octanol–water partition coefficient (Wildman–Crippen LogP) is 3.67. The smallest absolute Gasteiger partial charge is 0.366 e. The van der Waals surface area contributed by atoms with Gasteiger partial charge in [-0.1, -0.05) is 0 Å². The zero-order chi connectivity index (χ0) is 22.3. The van der Waals surface area contributed by atoms with Gasteiger partial charge in [0.05, 0.1) is 17.6 Å². The Morgan fingerprint density at radius 3 is 2.66 bits per heavy atom. The summed E-state index contributed by atoms with van der Waals surface area (Å²) >= 11 is 0. The highest BCUT2D eigenvalue weighted by Gasteiger charge is 2.43. The molecule has 0 saturated carbocycles. The summed E-state index contributed by atoms with van der Waals surface area (Å²) in [5.41, 5.74) is 0.826. The van der Waals surface area contributed by atoms with E-state index in [-0.39, 0.29) is 25.0 Å². The molecule has 2 aromatic heterocycles. The number of fused-ring (bicyclic) bond motifs is 4. The molecule has 2 saturated heterocycles. The minimum absolute atomic E-state index is 0.0647. The Labute approximate surface area is 183 Å². The van der Waals surface area contributed by atoms with Crippen molar-refractivity contribution in [3.63, 3.8) is 0 Å². The molecular formula is C21H24F3N7O. The second kappa shape index (κ2) is 8.10. The van der Waals surface area contributed by atoms with Crippen LogP contribution in [-0.2, 0) is 0 Å². The number of aromatic nitrogens is 3. The molecule has 0 radical (unpaired) electrons. The van der Waals surface area contributed by atoms with Crippen LogP contribution >= 0.6 is 0 Å². The molecule has 0 spiro atoms. The summed E-state index contributed by atoms with van der Waals surface area (Å²) in [6.07, 6.45) is 1.04. The third-order valence-corrected chi connectivity index (χ3v) is 6.41. The van der Waals surface area contributed by atoms with Crippen molar-refractivity contribution in [3.05, 3.63) is 30.7 Å². The second-order valence-corrected chi connectivity index (χ2v) is 8.48. The molecule has 1 N–H and O–H groups in total. The van der Waals surface area contributed by atoms with E-state index in [4.69, 9.17) is 4.98 Å². The number of alkyl halides is 3. The van der Waals surface area contributed by atoms with Crippen molar-refractivity contribution in [3.8, 4) is 0 Å². The lowest BCUT2D eigenvalue weighted by molar-refractivity contribution is -0.176. The molecular weight excluding hydrogens is 423 g/mol. The van der Waals surface area contributed by atoms with Crippen molar-refractivity contribution in [2.75, 3.05) is 46.2 Å². The van der Waals surface area contributed by atoms with Gasteiger partial charge in [-0.3, -0.25) is 10.2 Å². The van der Waals surface area contributed by atoms with Crippen LogP contribution in [0.15, 0.2) is 30.7 Å². The molecule has 2 aromatic rings. The number of amides is 2. The number of carbonyl (C=O) groups is 1. The van der Waals surface area contributed by atoms with E-state index in [0.717, 1.165) is 25.1 Å². The fourth-order valence-corrected chi connectivity index (χ4v) is 4.84. The number of piperidine rings is 2. The van der Waals surface area contributed by atoms with Gasteiger partial charge < -0.3 is 9.80 Å². The van der Waals surface area contributed by atoms with Crippen LogP contribution in [0.3, 0.4) is 0 Å². The number of anilines is 4. The summed E-state index contributed by atoms with van der Waals surface area (Å²) in [6.45, 7) is 1.96. The van der Waals surface area contributed by atoms with Gasteiger partial charge in [-0.25, -0.2) is 19.7 Å². The van der Waals surface area contributed by atoms with Crippen LogP contribution in [0.1, 0.15) is 25.7 Å². The third-order valence-electron chi connectivity index (χ3n) is 6.41. The number of nitrogens with one attached hydrogen (secondary N) is 1. The molecule has 2 atom stereocenters. The molecule has 0 aromatic carbocycles. The van der Waals surface area contributed by atoms with Gasteiger partial charge in [0.15, 0.2) is 5.82 Å². The third kappa shape index (κ3) is 3.91. The van der Waals surface area contributed by atoms with Crippen LogP contribution in [0.5, 0.6) is 0 Å². The zero-order valence-electron chi connectivity index (χ0n) is 17.4. The lowest BCUT2D eigenvalue weighted by Gasteiger charge is -2.46. The maximum absolute atomic E-state index is 13.3. The molecule has 5 rings (SSSR count). The van der Waals surface area contributed by atoms with Gasteiger partial charge in [-0.15, -0.1) is 0 Å². The molecule has 5 heterocycles. The molecule has 2 fully saturated rings. The Hall–Kier alpha value is -3.11. The number of rotatable bonds is 2. The van der Waals surface area contributed by atoms with E-state index < -0.39 is 12.1 Å². The van der Waals surface area contributed by atoms with Crippen molar-refractivity contribution in [1.82, 2.24) is 15.0 Å². The van der Waals surface area contributed by atoms with E-state index in [2.05, 4.69) is 20.2 Å². The van der Waals surface area contributed by atoms with E-state index in [1.165, 1.54) is 6.33 Å². The minimum atomic E-state index is -4.22. The number of pyridine rings is 1. The fourth-order valence-electron chi connectivity index (χ4n) is 4.84. The van der Waals surface area contributed by atoms with Crippen molar-refractivity contribution in [2.24, 2.45) is 5.92 Å². The molecule has 2 unspecified atom stereocenters. The molecule has 2 amide bonds. The minimum Gasteiger partial charge on any atom is -0.366 e. The monoisotopic (exact) mass is 447 g/mol. The average Bonchev–Trinajstić information content (AvgIpc) is 2.79. The lowest BCUT2D eigenvalue weighted by atomic mass is 9.97. The highest BCUT2D eigenvalue weighted by atomic mass is 19.4. The van der Waals surface area contributed by atoms with Crippen LogP contribution < -0.4 is 20.0 Å². The van der Waals surface area contributed by atoms with Crippen molar-refractivity contribution in [1.29, 1.82) is 0 Å². The van der Waals surface area contributed by atoms with Gasteiger partial charge in [0.25, 0.3) is 0 Å². The van der Waals surface area contributed by atoms with Gasteiger partial charge in [0, 0.05) is 32.4 Å². The Balaban J connectivity index is 1.47. The maximum atomic E-state index is 13.3. The quantitative estimate of drug-likeness (QED) is 0.757. The molecule has 3 aliphatic heterocycles. The molecule has 0 aliphatic carbocycles. The van der Waals surface area contributed by atoms with Crippen LogP contribution in [-0.4, -0.2) is 59.4 Å². The van der Waals surface area contributed by atoms with E-state index in [1.54, 1.807) is 28.1 Å². The molecule has 3 aliphatic rings. The number of urea groups is 1. The summed E-state index contributed by atoms with van der Waals surface area (Å²) in [4.78, 5) is 31.4. The SMILES string of the molecule is O=C(Nc1ccncn1)N1c2nc(N3CCCC(C(F)(F)F)C3)ccc2N2CCCC1C2.